The van der Waals surface area contributed by atoms with Gasteiger partial charge in [-0.1, -0.05) is 0 Å². The normalized spacial score (nSPS) is 11.1. The lowest BCUT2D eigenvalue weighted by Gasteiger charge is -2.23. The quantitative estimate of drug-likeness (QED) is 0.665. The van der Waals surface area contributed by atoms with E-state index in [2.05, 4.69) is 10.6 Å². The van der Waals surface area contributed by atoms with Crippen LogP contribution < -0.4 is 10.6 Å². The van der Waals surface area contributed by atoms with E-state index in [1.807, 2.05) is 0 Å². The number of aliphatic hydroxyl groups is 1. The van der Waals surface area contributed by atoms with Gasteiger partial charge in [-0.2, -0.15) is 0 Å². The molecule has 0 unspecified atom stereocenters. The Kier molecular flexibility index (Phi) is 6.42. The SMILES string of the molecule is CC(C)(CO)NC(=O)CCCNC(=O)c1ccc(F)cc1F. The Morgan fingerprint density at radius 3 is 2.55 bits per heavy atom. The van der Waals surface area contributed by atoms with Crippen molar-refractivity contribution in [3.8, 4) is 0 Å². The van der Waals surface area contributed by atoms with Crippen molar-refractivity contribution >= 4 is 11.8 Å². The minimum absolute atomic E-state index is 0.162. The zero-order valence-corrected chi connectivity index (χ0v) is 12.6. The molecule has 0 aliphatic carbocycles. The lowest BCUT2D eigenvalue weighted by molar-refractivity contribution is -0.123. The van der Waals surface area contributed by atoms with Gasteiger partial charge in [0, 0.05) is 19.0 Å². The number of halogens is 2. The monoisotopic (exact) mass is 314 g/mol. The first kappa shape index (κ1) is 18.0. The van der Waals surface area contributed by atoms with Gasteiger partial charge in [-0.25, -0.2) is 8.78 Å². The molecule has 7 heteroatoms. The summed E-state index contributed by atoms with van der Waals surface area (Å²) in [5, 5.41) is 14.1. The predicted molar refractivity (Wildman–Crippen MR) is 77.2 cm³/mol. The van der Waals surface area contributed by atoms with Gasteiger partial charge in [0.05, 0.1) is 17.7 Å². The molecule has 0 fully saturated rings. The number of hydrogen-bond donors (Lipinski definition) is 3. The maximum atomic E-state index is 13.4. The van der Waals surface area contributed by atoms with Gasteiger partial charge in [-0.3, -0.25) is 9.59 Å². The number of aliphatic hydroxyl groups excluding tert-OH is 1. The molecule has 3 N–H and O–H groups in total. The van der Waals surface area contributed by atoms with Crippen molar-refractivity contribution in [1.82, 2.24) is 10.6 Å². The predicted octanol–water partition coefficient (Wildman–Crippen LogP) is 1.36. The molecule has 5 nitrogen and oxygen atoms in total. The molecule has 0 radical (unpaired) electrons. The largest absolute Gasteiger partial charge is 0.394 e. The fraction of sp³-hybridized carbons (Fsp3) is 0.467. The van der Waals surface area contributed by atoms with Crippen LogP contribution in [0.5, 0.6) is 0 Å². The standard InChI is InChI=1S/C15H20F2N2O3/c1-15(2,9-20)19-13(21)4-3-7-18-14(22)11-6-5-10(16)8-12(11)17/h5-6,8,20H,3-4,7,9H2,1-2H3,(H,18,22)(H,19,21). The number of nitrogens with one attached hydrogen (secondary N) is 2. The molecular weight excluding hydrogens is 294 g/mol. The fourth-order valence-electron chi connectivity index (χ4n) is 1.70. The third kappa shape index (κ3) is 5.77. The van der Waals surface area contributed by atoms with E-state index in [0.717, 1.165) is 12.1 Å². The summed E-state index contributed by atoms with van der Waals surface area (Å²) in [6, 6.07) is 2.71. The highest BCUT2D eigenvalue weighted by Gasteiger charge is 2.18. The van der Waals surface area contributed by atoms with Crippen LogP contribution in [0.4, 0.5) is 8.78 Å². The Balaban J connectivity index is 2.35. The average molecular weight is 314 g/mol. The van der Waals surface area contributed by atoms with Gasteiger partial charge in [0.2, 0.25) is 5.91 Å². The summed E-state index contributed by atoms with van der Waals surface area (Å²) in [5.74, 6) is -2.59. The van der Waals surface area contributed by atoms with Crippen molar-refractivity contribution in [3.63, 3.8) is 0 Å². The van der Waals surface area contributed by atoms with Crippen LogP contribution in [0.15, 0.2) is 18.2 Å². The highest BCUT2D eigenvalue weighted by molar-refractivity contribution is 5.94. The second-order valence-corrected chi connectivity index (χ2v) is 5.57. The lowest BCUT2D eigenvalue weighted by Crippen LogP contribution is -2.46. The molecule has 0 saturated carbocycles. The van der Waals surface area contributed by atoms with Crippen LogP contribution in [0.25, 0.3) is 0 Å². The molecule has 0 aromatic heterocycles. The highest BCUT2D eigenvalue weighted by atomic mass is 19.1. The van der Waals surface area contributed by atoms with Crippen LogP contribution in [0.2, 0.25) is 0 Å². The number of carbonyl (C=O) groups is 2. The summed E-state index contributed by atoms with van der Waals surface area (Å²) < 4.78 is 26.1. The van der Waals surface area contributed by atoms with Gasteiger partial charge in [0.15, 0.2) is 0 Å². The van der Waals surface area contributed by atoms with Crippen molar-refractivity contribution in [2.45, 2.75) is 32.2 Å². The van der Waals surface area contributed by atoms with E-state index in [9.17, 15) is 18.4 Å². The van der Waals surface area contributed by atoms with E-state index >= 15 is 0 Å². The number of hydrogen-bond acceptors (Lipinski definition) is 3. The van der Waals surface area contributed by atoms with Crippen LogP contribution >= 0.6 is 0 Å². The van der Waals surface area contributed by atoms with E-state index < -0.39 is 23.1 Å². The summed E-state index contributed by atoms with van der Waals surface area (Å²) in [6.45, 7) is 3.37. The molecular formula is C15H20F2N2O3. The number of benzene rings is 1. The zero-order valence-electron chi connectivity index (χ0n) is 12.6. The molecule has 0 atom stereocenters. The number of rotatable bonds is 7. The van der Waals surface area contributed by atoms with Crippen molar-refractivity contribution < 1.29 is 23.5 Å². The second kappa shape index (κ2) is 7.84. The Labute approximate surface area is 127 Å². The van der Waals surface area contributed by atoms with Gasteiger partial charge >= 0.3 is 0 Å². The van der Waals surface area contributed by atoms with Crippen molar-refractivity contribution in [2.75, 3.05) is 13.2 Å². The summed E-state index contributed by atoms with van der Waals surface area (Å²) in [5.41, 5.74) is -0.940. The number of amides is 2. The van der Waals surface area contributed by atoms with E-state index in [1.165, 1.54) is 0 Å². The van der Waals surface area contributed by atoms with Crippen LogP contribution in [0.1, 0.15) is 37.0 Å². The maximum absolute atomic E-state index is 13.4. The van der Waals surface area contributed by atoms with Gasteiger partial charge in [-0.15, -0.1) is 0 Å². The van der Waals surface area contributed by atoms with E-state index in [4.69, 9.17) is 5.11 Å². The fourth-order valence-corrected chi connectivity index (χ4v) is 1.70. The first-order chi connectivity index (χ1) is 10.2. The Hall–Kier alpha value is -2.02. The van der Waals surface area contributed by atoms with Crippen LogP contribution in [-0.2, 0) is 4.79 Å². The van der Waals surface area contributed by atoms with Gasteiger partial charge in [0.25, 0.3) is 5.91 Å². The highest BCUT2D eigenvalue weighted by Crippen LogP contribution is 2.09. The third-order valence-electron chi connectivity index (χ3n) is 2.92. The summed E-state index contributed by atoms with van der Waals surface area (Å²) >= 11 is 0. The minimum atomic E-state index is -0.931. The van der Waals surface area contributed by atoms with Crippen LogP contribution in [0.3, 0.4) is 0 Å². The molecule has 1 aromatic carbocycles. The molecule has 1 aromatic rings. The van der Waals surface area contributed by atoms with Crippen molar-refractivity contribution in [2.24, 2.45) is 0 Å². The zero-order chi connectivity index (χ0) is 16.8. The minimum Gasteiger partial charge on any atom is -0.394 e. The molecule has 22 heavy (non-hydrogen) atoms. The van der Waals surface area contributed by atoms with Crippen molar-refractivity contribution in [3.05, 3.63) is 35.4 Å². The topological polar surface area (TPSA) is 78.4 Å². The molecule has 0 heterocycles. The molecule has 0 aliphatic rings. The molecule has 1 rings (SSSR count). The lowest BCUT2D eigenvalue weighted by atomic mass is 10.1. The van der Waals surface area contributed by atoms with Gasteiger partial charge in [0.1, 0.15) is 11.6 Å². The van der Waals surface area contributed by atoms with Gasteiger partial charge in [-0.05, 0) is 32.4 Å². The summed E-state index contributed by atoms with van der Waals surface area (Å²) in [7, 11) is 0. The molecule has 0 bridgehead atoms. The van der Waals surface area contributed by atoms with Gasteiger partial charge < -0.3 is 15.7 Å². The summed E-state index contributed by atoms with van der Waals surface area (Å²) in [6.07, 6.45) is 0.525. The Morgan fingerprint density at radius 2 is 1.95 bits per heavy atom. The van der Waals surface area contributed by atoms with E-state index in [0.29, 0.717) is 12.5 Å². The molecule has 122 valence electrons. The van der Waals surface area contributed by atoms with E-state index in [1.54, 1.807) is 13.8 Å². The summed E-state index contributed by atoms with van der Waals surface area (Å²) in [4.78, 5) is 23.3. The molecule has 0 saturated heterocycles. The molecule has 0 aliphatic heterocycles. The first-order valence-electron chi connectivity index (χ1n) is 6.90. The Morgan fingerprint density at radius 1 is 1.27 bits per heavy atom. The molecule has 0 spiro atoms. The van der Waals surface area contributed by atoms with Crippen molar-refractivity contribution in [1.29, 1.82) is 0 Å². The molecule has 2 amide bonds. The van der Waals surface area contributed by atoms with E-state index in [-0.39, 0.29) is 31.0 Å². The smallest absolute Gasteiger partial charge is 0.254 e. The third-order valence-corrected chi connectivity index (χ3v) is 2.92. The first-order valence-corrected chi connectivity index (χ1v) is 6.90. The number of carbonyl (C=O) groups excluding carboxylic acids is 2. The Bertz CT molecular complexity index is 548. The second-order valence-electron chi connectivity index (χ2n) is 5.57. The average Bonchev–Trinajstić information content (AvgIpc) is 2.43. The maximum Gasteiger partial charge on any atom is 0.254 e. The van der Waals surface area contributed by atoms with Crippen LogP contribution in [0, 0.1) is 11.6 Å². The van der Waals surface area contributed by atoms with Crippen LogP contribution in [-0.4, -0.2) is 35.6 Å².